The van der Waals surface area contributed by atoms with Crippen LogP contribution in [0.1, 0.15) is 52.5 Å². The molecule has 1 unspecified atom stereocenters. The van der Waals surface area contributed by atoms with Gasteiger partial charge in [-0.2, -0.15) is 10.5 Å². The van der Waals surface area contributed by atoms with Gasteiger partial charge in [0.2, 0.25) is 0 Å². The molecule has 1 rings (SSSR count). The van der Waals surface area contributed by atoms with Crippen molar-refractivity contribution in [2.24, 2.45) is 16.7 Å². The molecule has 1 aromatic rings. The van der Waals surface area contributed by atoms with Crippen LogP contribution in [0.3, 0.4) is 0 Å². The van der Waals surface area contributed by atoms with Crippen LogP contribution in [-0.2, 0) is 0 Å². The van der Waals surface area contributed by atoms with Crippen molar-refractivity contribution in [2.45, 2.75) is 47.0 Å². The summed E-state index contributed by atoms with van der Waals surface area (Å²) in [6.07, 6.45) is 0.958. The van der Waals surface area contributed by atoms with Crippen LogP contribution in [0, 0.1) is 39.4 Å². The molecule has 0 bridgehead atoms. The predicted molar refractivity (Wildman–Crippen MR) is 81.8 cm³/mol. The lowest BCUT2D eigenvalue weighted by Crippen LogP contribution is -2.31. The Labute approximate surface area is 123 Å². The summed E-state index contributed by atoms with van der Waals surface area (Å²) in [5, 5.41) is 18.7. The minimum atomic E-state index is -0.616. The normalized spacial score (nSPS) is 13.6. The van der Waals surface area contributed by atoms with Crippen molar-refractivity contribution in [3.63, 3.8) is 0 Å². The summed E-state index contributed by atoms with van der Waals surface area (Å²) < 4.78 is 0. The van der Waals surface area contributed by atoms with Crippen molar-refractivity contribution in [1.82, 2.24) is 0 Å². The second kappa shape index (κ2) is 6.10. The Morgan fingerprint density at radius 1 is 0.950 bits per heavy atom. The van der Waals surface area contributed by atoms with E-state index in [1.165, 1.54) is 0 Å². The number of hydrogen-bond donors (Lipinski definition) is 0. The monoisotopic (exact) mass is 268 g/mol. The number of nitriles is 2. The maximum absolute atomic E-state index is 9.35. The van der Waals surface area contributed by atoms with E-state index >= 15 is 0 Å². The fourth-order valence-electron chi connectivity index (χ4n) is 3.41. The van der Waals surface area contributed by atoms with Gasteiger partial charge >= 0.3 is 0 Å². The number of benzene rings is 1. The molecular formula is C18H24N2. The van der Waals surface area contributed by atoms with E-state index in [-0.39, 0.29) is 16.7 Å². The molecule has 0 aliphatic carbocycles. The maximum Gasteiger partial charge on any atom is 0.140 e. The first-order valence-corrected chi connectivity index (χ1v) is 7.05. The molecule has 0 heterocycles. The molecule has 0 aliphatic rings. The summed E-state index contributed by atoms with van der Waals surface area (Å²) in [5.74, 6) is -0.687. The molecule has 0 saturated carbocycles. The third-order valence-electron chi connectivity index (χ3n) is 3.60. The second-order valence-electron chi connectivity index (χ2n) is 7.35. The molecule has 0 aromatic heterocycles. The Morgan fingerprint density at radius 3 is 1.85 bits per heavy atom. The highest BCUT2D eigenvalue weighted by Gasteiger charge is 2.39. The van der Waals surface area contributed by atoms with Crippen LogP contribution >= 0.6 is 0 Å². The van der Waals surface area contributed by atoms with E-state index in [1.54, 1.807) is 0 Å². The van der Waals surface area contributed by atoms with Crippen molar-refractivity contribution in [2.75, 3.05) is 0 Å². The van der Waals surface area contributed by atoms with Gasteiger partial charge in [-0.25, -0.2) is 0 Å². The molecule has 2 nitrogen and oxygen atoms in total. The fraction of sp³-hybridized carbons (Fsp3) is 0.556. The summed E-state index contributed by atoms with van der Waals surface area (Å²) in [6, 6.07) is 14.3. The van der Waals surface area contributed by atoms with Gasteiger partial charge in [0.05, 0.1) is 12.1 Å². The zero-order valence-corrected chi connectivity index (χ0v) is 13.1. The largest absolute Gasteiger partial charge is 0.197 e. The SMILES string of the molecule is CC(C)(C)CC(C)(C)C(c1ccccc1)C(C#N)C#N. The summed E-state index contributed by atoms with van der Waals surface area (Å²) in [6.45, 7) is 10.9. The average Bonchev–Trinajstić information content (AvgIpc) is 2.33. The molecule has 2 heteroatoms. The summed E-state index contributed by atoms with van der Waals surface area (Å²) in [5.41, 5.74) is 1.12. The Balaban J connectivity index is 3.26. The van der Waals surface area contributed by atoms with Gasteiger partial charge in [0.1, 0.15) is 5.92 Å². The third-order valence-corrected chi connectivity index (χ3v) is 3.60. The van der Waals surface area contributed by atoms with E-state index in [0.29, 0.717) is 0 Å². The lowest BCUT2D eigenvalue weighted by atomic mass is 9.63. The first-order valence-electron chi connectivity index (χ1n) is 7.05. The Bertz CT molecular complexity index is 495. The second-order valence-corrected chi connectivity index (χ2v) is 7.35. The molecule has 0 fully saturated rings. The molecule has 0 spiro atoms. The third kappa shape index (κ3) is 4.10. The van der Waals surface area contributed by atoms with Crippen molar-refractivity contribution >= 4 is 0 Å². The minimum absolute atomic E-state index is 0.0714. The summed E-state index contributed by atoms with van der Waals surface area (Å²) in [4.78, 5) is 0. The van der Waals surface area contributed by atoms with E-state index in [2.05, 4.69) is 46.8 Å². The Morgan fingerprint density at radius 2 is 1.45 bits per heavy atom. The van der Waals surface area contributed by atoms with Gasteiger partial charge in [0.25, 0.3) is 0 Å². The van der Waals surface area contributed by atoms with Gasteiger partial charge in [-0.15, -0.1) is 0 Å². The van der Waals surface area contributed by atoms with E-state index in [0.717, 1.165) is 12.0 Å². The van der Waals surface area contributed by atoms with Gasteiger partial charge in [0.15, 0.2) is 0 Å². The maximum atomic E-state index is 9.35. The minimum Gasteiger partial charge on any atom is -0.197 e. The van der Waals surface area contributed by atoms with Crippen molar-refractivity contribution in [3.05, 3.63) is 35.9 Å². The summed E-state index contributed by atoms with van der Waals surface area (Å²) in [7, 11) is 0. The molecule has 1 atom stereocenters. The van der Waals surface area contributed by atoms with Crippen LogP contribution in [0.15, 0.2) is 30.3 Å². The van der Waals surface area contributed by atoms with Crippen LogP contribution in [0.4, 0.5) is 0 Å². The molecule has 20 heavy (non-hydrogen) atoms. The Hall–Kier alpha value is -1.80. The van der Waals surface area contributed by atoms with E-state index in [9.17, 15) is 10.5 Å². The van der Waals surface area contributed by atoms with Crippen LogP contribution in [-0.4, -0.2) is 0 Å². The topological polar surface area (TPSA) is 47.6 Å². The molecule has 0 aliphatic heterocycles. The summed E-state index contributed by atoms with van der Waals surface area (Å²) >= 11 is 0. The number of nitrogens with zero attached hydrogens (tertiary/aromatic N) is 2. The van der Waals surface area contributed by atoms with E-state index < -0.39 is 5.92 Å². The van der Waals surface area contributed by atoms with E-state index in [1.807, 2.05) is 30.3 Å². The molecule has 1 aromatic carbocycles. The highest BCUT2D eigenvalue weighted by atomic mass is 14.4. The van der Waals surface area contributed by atoms with Gasteiger partial charge < -0.3 is 0 Å². The zero-order valence-electron chi connectivity index (χ0n) is 13.1. The van der Waals surface area contributed by atoms with Crippen LogP contribution in [0.25, 0.3) is 0 Å². The highest BCUT2D eigenvalue weighted by Crippen LogP contribution is 2.47. The van der Waals surface area contributed by atoms with Gasteiger partial charge in [-0.3, -0.25) is 0 Å². The molecule has 0 saturated heterocycles. The molecule has 106 valence electrons. The highest BCUT2D eigenvalue weighted by molar-refractivity contribution is 5.27. The van der Waals surface area contributed by atoms with Crippen LogP contribution in [0.2, 0.25) is 0 Å². The van der Waals surface area contributed by atoms with Gasteiger partial charge in [-0.05, 0) is 22.8 Å². The first kappa shape index (κ1) is 16.3. The van der Waals surface area contributed by atoms with Crippen LogP contribution < -0.4 is 0 Å². The standard InChI is InChI=1S/C18H24N2/c1-17(2,3)13-18(4,5)16(15(11-19)12-20)14-9-7-6-8-10-14/h6-10,15-16H,13H2,1-5H3. The lowest BCUT2D eigenvalue weighted by molar-refractivity contribution is 0.162. The molecule has 0 amide bonds. The number of hydrogen-bond acceptors (Lipinski definition) is 2. The van der Waals surface area contributed by atoms with Gasteiger partial charge in [0, 0.05) is 5.92 Å². The van der Waals surface area contributed by atoms with Gasteiger partial charge in [-0.1, -0.05) is 65.0 Å². The molecule has 0 radical (unpaired) electrons. The Kier molecular flexibility index (Phi) is 4.96. The lowest BCUT2D eigenvalue weighted by Gasteiger charge is -2.40. The van der Waals surface area contributed by atoms with Crippen molar-refractivity contribution < 1.29 is 0 Å². The van der Waals surface area contributed by atoms with Crippen molar-refractivity contribution in [1.29, 1.82) is 10.5 Å². The predicted octanol–water partition coefficient (Wildman–Crippen LogP) is 4.90. The average molecular weight is 268 g/mol. The zero-order chi connectivity index (χ0) is 15.4. The molecular weight excluding hydrogens is 244 g/mol. The van der Waals surface area contributed by atoms with E-state index in [4.69, 9.17) is 0 Å². The number of rotatable bonds is 4. The smallest absolute Gasteiger partial charge is 0.140 e. The van der Waals surface area contributed by atoms with Crippen LogP contribution in [0.5, 0.6) is 0 Å². The molecule has 0 N–H and O–H groups in total. The quantitative estimate of drug-likeness (QED) is 0.780. The van der Waals surface area contributed by atoms with Crippen molar-refractivity contribution in [3.8, 4) is 12.1 Å². The first-order chi connectivity index (χ1) is 9.21. The fourth-order valence-corrected chi connectivity index (χ4v) is 3.41.